The number of nitrogens with zero attached hydrogens (tertiary/aromatic N) is 2. The average molecular weight is 858 g/mol. The van der Waals surface area contributed by atoms with E-state index in [9.17, 15) is 39.3 Å². The Hall–Kier alpha value is -3.63. The highest BCUT2D eigenvalue weighted by atomic mass is 32.2. The summed E-state index contributed by atoms with van der Waals surface area (Å²) in [6.45, 7) is 16.6. The monoisotopic (exact) mass is 857 g/mol. The molecule has 2 amide bonds. The number of carboxylic acid groups (broad SMARTS) is 1. The topological polar surface area (TPSA) is 207 Å². The van der Waals surface area contributed by atoms with Crippen LogP contribution >= 0.6 is 11.8 Å². The van der Waals surface area contributed by atoms with Crippen molar-refractivity contribution in [2.75, 3.05) is 33.5 Å². The molecule has 1 fully saturated rings. The van der Waals surface area contributed by atoms with Crippen molar-refractivity contribution in [3.63, 3.8) is 0 Å². The second kappa shape index (κ2) is 21.9. The number of ether oxygens (including phenoxy) is 1. The number of thioether (sulfide) groups is 1. The number of likely N-dealkylation sites (tertiary alicyclic amines) is 1. The average Bonchev–Trinajstić information content (AvgIpc) is 3.85. The molecule has 15 heteroatoms. The number of benzene rings is 1. The number of Topliss-reactive ketones (excluding diaryl/α,β-unsaturated/α-hetero) is 2. The number of aliphatic imine (C=N–C) groups is 1. The van der Waals surface area contributed by atoms with Crippen LogP contribution in [0.25, 0.3) is 0 Å². The minimum atomic E-state index is -2.54. The van der Waals surface area contributed by atoms with Crippen LogP contribution in [0.5, 0.6) is 5.75 Å². The lowest BCUT2D eigenvalue weighted by molar-refractivity contribution is -0.168. The van der Waals surface area contributed by atoms with E-state index in [2.05, 4.69) is 16.0 Å². The summed E-state index contributed by atoms with van der Waals surface area (Å²) in [5.74, 6) is -4.96. The van der Waals surface area contributed by atoms with E-state index in [1.807, 2.05) is 48.5 Å². The summed E-state index contributed by atoms with van der Waals surface area (Å²) < 4.78 is 5.31. The Kier molecular flexibility index (Phi) is 18.5. The van der Waals surface area contributed by atoms with Crippen molar-refractivity contribution in [3.8, 4) is 5.75 Å². The number of hydrogen-bond donors (Lipinski definition) is 6. The van der Waals surface area contributed by atoms with Gasteiger partial charge in [-0.15, -0.1) is 11.8 Å². The van der Waals surface area contributed by atoms with Gasteiger partial charge in [0.15, 0.2) is 11.6 Å². The van der Waals surface area contributed by atoms with Crippen LogP contribution in [0.2, 0.25) is 0 Å². The number of carbonyl (C=O) groups excluding carboxylic acids is 4. The Labute approximate surface area is 361 Å². The number of carbonyl (C=O) groups is 5. The van der Waals surface area contributed by atoms with Gasteiger partial charge < -0.3 is 40.9 Å². The van der Waals surface area contributed by atoms with Crippen LogP contribution < -0.4 is 20.7 Å². The van der Waals surface area contributed by atoms with Crippen LogP contribution in [0.4, 0.5) is 0 Å². The third kappa shape index (κ3) is 11.8. The number of carboxylic acids is 1. The maximum absolute atomic E-state index is 15.0. The third-order valence-electron chi connectivity index (χ3n) is 12.5. The molecule has 336 valence electrons. The van der Waals surface area contributed by atoms with Gasteiger partial charge in [0, 0.05) is 23.8 Å². The Morgan fingerprint density at radius 3 is 2.20 bits per heavy atom. The van der Waals surface area contributed by atoms with E-state index in [-0.39, 0.29) is 54.2 Å². The van der Waals surface area contributed by atoms with Crippen molar-refractivity contribution in [2.45, 2.75) is 136 Å². The number of nitrogens with one attached hydrogen (secondary N) is 3. The van der Waals surface area contributed by atoms with Gasteiger partial charge in [-0.05, 0) is 88.6 Å². The summed E-state index contributed by atoms with van der Waals surface area (Å²) in [4.78, 5) is 77.1. The molecule has 0 bridgehead atoms. The highest BCUT2D eigenvalue weighted by molar-refractivity contribution is 8.14. The number of hydrogen-bond acceptors (Lipinski definition) is 12. The van der Waals surface area contributed by atoms with Gasteiger partial charge in [-0.1, -0.05) is 73.1 Å². The van der Waals surface area contributed by atoms with Crippen LogP contribution in [-0.4, -0.2) is 130 Å². The zero-order valence-corrected chi connectivity index (χ0v) is 38.5. The van der Waals surface area contributed by atoms with E-state index in [0.29, 0.717) is 36.3 Å². The first kappa shape index (κ1) is 50.7. The number of aliphatic hydroxyl groups excluding tert-OH is 2. The number of aliphatic carboxylic acids is 1. The Morgan fingerprint density at radius 2 is 1.67 bits per heavy atom. The molecule has 11 atom stereocenters. The van der Waals surface area contributed by atoms with Gasteiger partial charge >= 0.3 is 5.97 Å². The number of aliphatic hydroxyl groups is 2. The molecule has 0 saturated carbocycles. The van der Waals surface area contributed by atoms with Gasteiger partial charge in [-0.2, -0.15) is 0 Å². The molecule has 0 radical (unpaired) electrons. The SMILES string of the molecule is CC[C@H](C)[C@H](NC)C(=O)N1CCC(C(=O)[C@H](Cc2ccc(OC)cc2)NC(=O)/C(C)=C/C2CSC([C@@H](C)[C@@H](O)C[C@H](C)C[C@H](O)C(C)(C)C)=N2)[C@]1(C(=O)O)C(=O)[C@H](C)NC. The van der Waals surface area contributed by atoms with Gasteiger partial charge in [0.1, 0.15) is 5.75 Å². The maximum Gasteiger partial charge on any atom is 0.338 e. The Bertz CT molecular complexity index is 1730. The zero-order chi connectivity index (χ0) is 45.3. The number of amides is 2. The standard InChI is InChI=1S/C45H71N5O9S/c1-13-26(3)37(47-11)42(56)50-19-18-33(45(50,43(57)58)39(54)29(6)46-10)38(53)34(23-30-14-16-32(59-12)17-15-30)49-40(55)27(4)22-31-24-60-41(48-31)28(5)35(51)20-25(2)21-36(52)44(7,8)9/h14-17,22,25-26,28-29,31,33-37,46-47,51-52H,13,18-21,23-24H2,1-12H3,(H,49,55)(H,57,58)/b27-22+/t25-,26-,28-,29-,31?,33?,34-,35-,36-,37-,45+/m0/s1. The summed E-state index contributed by atoms with van der Waals surface area (Å²) >= 11 is 1.52. The van der Waals surface area contributed by atoms with Gasteiger partial charge in [-0.3, -0.25) is 24.2 Å². The molecule has 2 aliphatic rings. The minimum Gasteiger partial charge on any atom is -0.497 e. The van der Waals surface area contributed by atoms with Gasteiger partial charge in [0.05, 0.1) is 54.4 Å². The predicted molar refractivity (Wildman–Crippen MR) is 236 cm³/mol. The number of ketones is 2. The fraction of sp³-hybridized carbons (Fsp3) is 0.689. The largest absolute Gasteiger partial charge is 0.497 e. The molecule has 14 nitrogen and oxygen atoms in total. The second-order valence-corrected chi connectivity index (χ2v) is 19.0. The van der Waals surface area contributed by atoms with Crippen molar-refractivity contribution in [1.29, 1.82) is 0 Å². The first-order valence-electron chi connectivity index (χ1n) is 21.2. The van der Waals surface area contributed by atoms with Crippen LogP contribution in [0.1, 0.15) is 93.6 Å². The number of rotatable bonds is 22. The van der Waals surface area contributed by atoms with Crippen LogP contribution in [-0.2, 0) is 30.4 Å². The van der Waals surface area contributed by atoms with E-state index >= 15 is 0 Å². The lowest BCUT2D eigenvalue weighted by Crippen LogP contribution is -2.69. The molecular weight excluding hydrogens is 787 g/mol. The van der Waals surface area contributed by atoms with Crippen LogP contribution in [0, 0.1) is 29.1 Å². The van der Waals surface area contributed by atoms with E-state index < -0.39 is 71.1 Å². The van der Waals surface area contributed by atoms with E-state index in [0.717, 1.165) is 9.94 Å². The Morgan fingerprint density at radius 1 is 1.03 bits per heavy atom. The fourth-order valence-electron chi connectivity index (χ4n) is 8.11. The predicted octanol–water partition coefficient (Wildman–Crippen LogP) is 4.06. The maximum atomic E-state index is 15.0. The molecule has 2 aliphatic heterocycles. The third-order valence-corrected chi connectivity index (χ3v) is 13.8. The van der Waals surface area contributed by atoms with Crippen LogP contribution in [0.3, 0.4) is 0 Å². The molecule has 0 spiro atoms. The minimum absolute atomic E-state index is 0.0219. The number of methoxy groups -OCH3 is 1. The normalized spacial score (nSPS) is 23.7. The van der Waals surface area contributed by atoms with Gasteiger partial charge in [0.25, 0.3) is 0 Å². The smallest absolute Gasteiger partial charge is 0.338 e. The molecule has 2 unspecified atom stereocenters. The molecule has 0 aliphatic carbocycles. The summed E-state index contributed by atoms with van der Waals surface area (Å²) in [7, 11) is 4.64. The van der Waals surface area contributed by atoms with Crippen molar-refractivity contribution in [1.82, 2.24) is 20.9 Å². The van der Waals surface area contributed by atoms with Crippen molar-refractivity contribution < 1.29 is 44.0 Å². The molecule has 6 N–H and O–H groups in total. The molecule has 1 aromatic rings. The quantitative estimate of drug-likeness (QED) is 0.0722. The molecule has 1 saturated heterocycles. The highest BCUT2D eigenvalue weighted by Gasteiger charge is 2.65. The molecule has 3 rings (SSSR count). The first-order chi connectivity index (χ1) is 28.1. The highest BCUT2D eigenvalue weighted by Crippen LogP contribution is 2.40. The van der Waals surface area contributed by atoms with Crippen molar-refractivity contribution in [3.05, 3.63) is 41.5 Å². The zero-order valence-electron chi connectivity index (χ0n) is 37.7. The number of likely N-dealkylation sites (N-methyl/N-ethyl adjacent to an activating group) is 2. The summed E-state index contributed by atoms with van der Waals surface area (Å²) in [5.41, 5.74) is -1.85. The molecule has 2 heterocycles. The molecule has 60 heavy (non-hydrogen) atoms. The first-order valence-corrected chi connectivity index (χ1v) is 22.2. The summed E-state index contributed by atoms with van der Waals surface area (Å²) in [6, 6.07) is 3.45. The second-order valence-electron chi connectivity index (χ2n) is 17.9. The van der Waals surface area contributed by atoms with E-state index in [1.54, 1.807) is 44.3 Å². The van der Waals surface area contributed by atoms with Gasteiger partial charge in [0.2, 0.25) is 17.4 Å². The summed E-state index contributed by atoms with van der Waals surface area (Å²) in [6.07, 6.45) is 2.11. The van der Waals surface area contributed by atoms with Crippen LogP contribution in [0.15, 0.2) is 40.9 Å². The molecule has 1 aromatic carbocycles. The summed E-state index contributed by atoms with van der Waals surface area (Å²) in [5, 5.41) is 42.2. The van der Waals surface area contributed by atoms with Gasteiger partial charge in [-0.25, -0.2) is 4.79 Å². The lowest BCUT2D eigenvalue weighted by atomic mass is 9.73. The molecular formula is C45H71N5O9S. The van der Waals surface area contributed by atoms with E-state index in [4.69, 9.17) is 9.73 Å². The van der Waals surface area contributed by atoms with Crippen molar-refractivity contribution in [2.24, 2.45) is 34.1 Å². The molecule has 0 aromatic heterocycles. The Balaban J connectivity index is 1.97. The lowest BCUT2D eigenvalue weighted by Gasteiger charge is -2.41. The van der Waals surface area contributed by atoms with Crippen molar-refractivity contribution >= 4 is 46.2 Å². The fourth-order valence-corrected chi connectivity index (χ4v) is 9.25. The van der Waals surface area contributed by atoms with E-state index in [1.165, 1.54) is 32.8 Å².